The minimum atomic E-state index is 0.120. The Hall–Kier alpha value is -2.88. The Bertz CT molecular complexity index is 864. The van der Waals surface area contributed by atoms with Gasteiger partial charge in [0.05, 0.1) is 12.0 Å². The van der Waals surface area contributed by atoms with Crippen molar-refractivity contribution < 1.29 is 4.79 Å². The van der Waals surface area contributed by atoms with Crippen LogP contribution in [0.1, 0.15) is 27.2 Å². The molecule has 2 aromatic carbocycles. The standard InChI is InChI=1S/C19H17N3O/c1-14-10-22(13-20-14)17-8-6-15(7-9-17)11-21-12-16-4-2-3-5-18(16)19(21)23/h2-10,13H,11-12H2,1H3. The van der Waals surface area contributed by atoms with Crippen LogP contribution in [0.15, 0.2) is 61.1 Å². The maximum atomic E-state index is 12.4. The molecule has 4 rings (SSSR count). The number of carbonyl (C=O) groups is 1. The van der Waals surface area contributed by atoms with Crippen LogP contribution in [0.2, 0.25) is 0 Å². The molecule has 114 valence electrons. The summed E-state index contributed by atoms with van der Waals surface area (Å²) in [5.74, 6) is 0.120. The highest BCUT2D eigenvalue weighted by atomic mass is 16.2. The van der Waals surface area contributed by atoms with E-state index in [-0.39, 0.29) is 5.91 Å². The summed E-state index contributed by atoms with van der Waals surface area (Å²) in [6.45, 7) is 3.30. The van der Waals surface area contributed by atoms with E-state index in [2.05, 4.69) is 29.2 Å². The molecule has 4 nitrogen and oxygen atoms in total. The lowest BCUT2D eigenvalue weighted by molar-refractivity contribution is 0.0766. The van der Waals surface area contributed by atoms with Gasteiger partial charge in [0.2, 0.25) is 0 Å². The summed E-state index contributed by atoms with van der Waals surface area (Å²) in [4.78, 5) is 18.5. The van der Waals surface area contributed by atoms with Gasteiger partial charge in [0.25, 0.3) is 5.91 Å². The number of imidazole rings is 1. The molecule has 0 unspecified atom stereocenters. The van der Waals surface area contributed by atoms with E-state index in [1.807, 2.05) is 53.2 Å². The molecule has 23 heavy (non-hydrogen) atoms. The Morgan fingerprint density at radius 1 is 1.09 bits per heavy atom. The van der Waals surface area contributed by atoms with Crippen molar-refractivity contribution >= 4 is 5.91 Å². The second kappa shape index (κ2) is 5.39. The second-order valence-corrected chi connectivity index (χ2v) is 5.91. The van der Waals surface area contributed by atoms with Gasteiger partial charge in [-0.05, 0) is 36.2 Å². The Balaban J connectivity index is 1.51. The molecule has 0 aliphatic carbocycles. The van der Waals surface area contributed by atoms with Crippen LogP contribution in [0.3, 0.4) is 0 Å². The fourth-order valence-electron chi connectivity index (χ4n) is 3.00. The van der Waals surface area contributed by atoms with E-state index in [4.69, 9.17) is 0 Å². The number of fused-ring (bicyclic) bond motifs is 1. The number of benzene rings is 2. The van der Waals surface area contributed by atoms with E-state index in [0.717, 1.165) is 28.1 Å². The number of nitrogens with zero attached hydrogens (tertiary/aromatic N) is 3. The van der Waals surface area contributed by atoms with Crippen molar-refractivity contribution in [1.29, 1.82) is 0 Å². The van der Waals surface area contributed by atoms with Crippen molar-refractivity contribution in [2.45, 2.75) is 20.0 Å². The minimum absolute atomic E-state index is 0.120. The van der Waals surface area contributed by atoms with Crippen molar-refractivity contribution in [2.24, 2.45) is 0 Å². The number of carbonyl (C=O) groups excluding carboxylic acids is 1. The highest BCUT2D eigenvalue weighted by molar-refractivity contribution is 5.98. The summed E-state index contributed by atoms with van der Waals surface area (Å²) in [6.07, 6.45) is 3.81. The van der Waals surface area contributed by atoms with Gasteiger partial charge >= 0.3 is 0 Å². The second-order valence-electron chi connectivity index (χ2n) is 5.91. The summed E-state index contributed by atoms with van der Waals surface area (Å²) in [6, 6.07) is 16.1. The van der Waals surface area contributed by atoms with Crippen LogP contribution in [0.4, 0.5) is 0 Å². The van der Waals surface area contributed by atoms with Crippen molar-refractivity contribution in [1.82, 2.24) is 14.5 Å². The smallest absolute Gasteiger partial charge is 0.254 e. The summed E-state index contributed by atoms with van der Waals surface area (Å²) in [5.41, 5.74) is 5.15. The molecule has 1 amide bonds. The Morgan fingerprint density at radius 2 is 1.87 bits per heavy atom. The largest absolute Gasteiger partial charge is 0.330 e. The Morgan fingerprint density at radius 3 is 2.57 bits per heavy atom. The highest BCUT2D eigenvalue weighted by Crippen LogP contribution is 2.24. The van der Waals surface area contributed by atoms with Gasteiger partial charge in [0.15, 0.2) is 0 Å². The summed E-state index contributed by atoms with van der Waals surface area (Å²) in [7, 11) is 0. The number of aryl methyl sites for hydroxylation is 1. The summed E-state index contributed by atoms with van der Waals surface area (Å²) in [5, 5.41) is 0. The Kier molecular flexibility index (Phi) is 3.23. The molecule has 0 saturated carbocycles. The van der Waals surface area contributed by atoms with Crippen LogP contribution >= 0.6 is 0 Å². The molecule has 0 bridgehead atoms. The van der Waals surface area contributed by atoms with Gasteiger partial charge in [0.1, 0.15) is 0 Å². The zero-order valence-corrected chi connectivity index (χ0v) is 12.9. The normalized spacial score (nSPS) is 13.4. The van der Waals surface area contributed by atoms with Gasteiger partial charge in [-0.15, -0.1) is 0 Å². The molecule has 1 aliphatic heterocycles. The molecule has 0 atom stereocenters. The zero-order chi connectivity index (χ0) is 15.8. The van der Waals surface area contributed by atoms with Crippen LogP contribution in [0.5, 0.6) is 0 Å². The molecular weight excluding hydrogens is 286 g/mol. The summed E-state index contributed by atoms with van der Waals surface area (Å²) >= 11 is 0. The minimum Gasteiger partial charge on any atom is -0.330 e. The quantitative estimate of drug-likeness (QED) is 0.744. The van der Waals surface area contributed by atoms with E-state index >= 15 is 0 Å². The van der Waals surface area contributed by atoms with Crippen LogP contribution in [0, 0.1) is 6.92 Å². The first-order valence-corrected chi connectivity index (χ1v) is 7.68. The molecule has 0 N–H and O–H groups in total. The molecule has 0 spiro atoms. The van der Waals surface area contributed by atoms with Crippen LogP contribution in [-0.2, 0) is 13.1 Å². The first kappa shape index (κ1) is 13.8. The van der Waals surface area contributed by atoms with E-state index in [1.54, 1.807) is 0 Å². The lowest BCUT2D eigenvalue weighted by Crippen LogP contribution is -2.23. The Labute approximate surface area is 135 Å². The monoisotopic (exact) mass is 303 g/mol. The van der Waals surface area contributed by atoms with Crippen molar-refractivity contribution in [3.8, 4) is 5.69 Å². The third-order valence-corrected chi connectivity index (χ3v) is 4.22. The van der Waals surface area contributed by atoms with Gasteiger partial charge in [0, 0.05) is 30.5 Å². The number of aromatic nitrogens is 2. The average molecular weight is 303 g/mol. The number of amides is 1. The van der Waals surface area contributed by atoms with Crippen molar-refractivity contribution in [3.05, 3.63) is 83.4 Å². The van der Waals surface area contributed by atoms with E-state index < -0.39 is 0 Å². The fourth-order valence-corrected chi connectivity index (χ4v) is 3.00. The van der Waals surface area contributed by atoms with Crippen LogP contribution in [-0.4, -0.2) is 20.4 Å². The molecule has 0 radical (unpaired) electrons. The van der Waals surface area contributed by atoms with E-state index in [0.29, 0.717) is 13.1 Å². The molecule has 3 aromatic rings. The zero-order valence-electron chi connectivity index (χ0n) is 12.9. The lowest BCUT2D eigenvalue weighted by atomic mass is 10.1. The predicted octanol–water partition coefficient (Wildman–Crippen LogP) is 3.34. The number of hydrogen-bond acceptors (Lipinski definition) is 2. The molecular formula is C19H17N3O. The fraction of sp³-hybridized carbons (Fsp3) is 0.158. The molecule has 0 saturated heterocycles. The van der Waals surface area contributed by atoms with Gasteiger partial charge in [-0.3, -0.25) is 4.79 Å². The molecule has 1 aliphatic rings. The average Bonchev–Trinajstić information content (AvgIpc) is 3.13. The summed E-state index contributed by atoms with van der Waals surface area (Å²) < 4.78 is 2.00. The molecule has 1 aromatic heterocycles. The number of hydrogen-bond donors (Lipinski definition) is 0. The number of rotatable bonds is 3. The van der Waals surface area contributed by atoms with Crippen molar-refractivity contribution in [3.63, 3.8) is 0 Å². The molecule has 0 fully saturated rings. The van der Waals surface area contributed by atoms with E-state index in [1.165, 1.54) is 0 Å². The third kappa shape index (κ3) is 2.52. The predicted molar refractivity (Wildman–Crippen MR) is 88.3 cm³/mol. The maximum Gasteiger partial charge on any atom is 0.254 e. The molecule has 4 heteroatoms. The van der Waals surface area contributed by atoms with E-state index in [9.17, 15) is 4.79 Å². The van der Waals surface area contributed by atoms with Crippen LogP contribution in [0.25, 0.3) is 5.69 Å². The molecule has 2 heterocycles. The van der Waals surface area contributed by atoms with Crippen LogP contribution < -0.4 is 0 Å². The van der Waals surface area contributed by atoms with Gasteiger partial charge in [-0.2, -0.15) is 0 Å². The highest BCUT2D eigenvalue weighted by Gasteiger charge is 2.26. The third-order valence-electron chi connectivity index (χ3n) is 4.22. The van der Waals surface area contributed by atoms with Gasteiger partial charge in [-0.25, -0.2) is 4.98 Å². The van der Waals surface area contributed by atoms with Crippen molar-refractivity contribution in [2.75, 3.05) is 0 Å². The van der Waals surface area contributed by atoms with Gasteiger partial charge < -0.3 is 9.47 Å². The van der Waals surface area contributed by atoms with Gasteiger partial charge in [-0.1, -0.05) is 30.3 Å². The SMILES string of the molecule is Cc1cn(-c2ccc(CN3Cc4ccccc4C3=O)cc2)cn1. The lowest BCUT2D eigenvalue weighted by Gasteiger charge is -2.16. The first-order valence-electron chi connectivity index (χ1n) is 7.68. The first-order chi connectivity index (χ1) is 11.2. The topological polar surface area (TPSA) is 38.1 Å². The maximum absolute atomic E-state index is 12.4.